The van der Waals surface area contributed by atoms with Crippen molar-refractivity contribution in [3.8, 4) is 0 Å². The zero-order valence-corrected chi connectivity index (χ0v) is 10.1. The van der Waals surface area contributed by atoms with Crippen LogP contribution in [0.4, 0.5) is 0 Å². The Kier molecular flexibility index (Phi) is 5.93. The normalized spacial score (nSPS) is 17.9. The molecule has 0 aromatic rings. The maximum Gasteiger partial charge on any atom is 0.328 e. The highest BCUT2D eigenvalue weighted by Crippen LogP contribution is 2.07. The molecule has 0 radical (unpaired) electrons. The van der Waals surface area contributed by atoms with Crippen LogP contribution in [0.5, 0.6) is 0 Å². The van der Waals surface area contributed by atoms with Gasteiger partial charge in [-0.2, -0.15) is 0 Å². The van der Waals surface area contributed by atoms with Crippen LogP contribution in [-0.4, -0.2) is 61.3 Å². The van der Waals surface area contributed by atoms with Gasteiger partial charge in [-0.3, -0.25) is 4.79 Å². The lowest BCUT2D eigenvalue weighted by Gasteiger charge is -2.16. The lowest BCUT2D eigenvalue weighted by atomic mass is 10.3. The van der Waals surface area contributed by atoms with Gasteiger partial charge in [0.2, 0.25) is 5.91 Å². The molecule has 98 valence electrons. The van der Waals surface area contributed by atoms with Gasteiger partial charge < -0.3 is 20.1 Å². The first kappa shape index (κ1) is 13.9. The molecule has 17 heavy (non-hydrogen) atoms. The topological polar surface area (TPSA) is 78.9 Å². The number of carboxylic acids is 1. The number of rotatable bonds is 7. The molecule has 1 atom stereocenters. The number of aliphatic carboxylic acids is 1. The summed E-state index contributed by atoms with van der Waals surface area (Å²) in [6, 6.07) is -0.953. The van der Waals surface area contributed by atoms with E-state index < -0.39 is 12.0 Å². The molecule has 6 nitrogen and oxygen atoms in total. The van der Waals surface area contributed by atoms with Crippen LogP contribution in [0.15, 0.2) is 0 Å². The molecular weight excluding hydrogens is 224 g/mol. The Balaban J connectivity index is 2.23. The van der Waals surface area contributed by atoms with Crippen LogP contribution < -0.4 is 5.32 Å². The highest BCUT2D eigenvalue weighted by molar-refractivity contribution is 5.83. The molecule has 0 aliphatic carbocycles. The van der Waals surface area contributed by atoms with E-state index in [4.69, 9.17) is 9.84 Å². The summed E-state index contributed by atoms with van der Waals surface area (Å²) in [6.45, 7) is 2.76. The van der Waals surface area contributed by atoms with Crippen molar-refractivity contribution in [3.63, 3.8) is 0 Å². The second-order valence-electron chi connectivity index (χ2n) is 4.21. The van der Waals surface area contributed by atoms with Crippen molar-refractivity contribution in [1.29, 1.82) is 0 Å². The summed E-state index contributed by atoms with van der Waals surface area (Å²) in [5.41, 5.74) is 0. The number of carboxylic acid groups (broad SMARTS) is 1. The monoisotopic (exact) mass is 244 g/mol. The third-order valence-corrected chi connectivity index (χ3v) is 2.82. The highest BCUT2D eigenvalue weighted by atomic mass is 16.5. The van der Waals surface area contributed by atoms with Crippen LogP contribution in [0.2, 0.25) is 0 Å². The van der Waals surface area contributed by atoms with Gasteiger partial charge in [-0.05, 0) is 25.9 Å². The average molecular weight is 244 g/mol. The number of carbonyl (C=O) groups is 2. The van der Waals surface area contributed by atoms with Gasteiger partial charge in [0.15, 0.2) is 6.04 Å². The summed E-state index contributed by atoms with van der Waals surface area (Å²) in [5.74, 6) is -1.30. The van der Waals surface area contributed by atoms with Crippen molar-refractivity contribution >= 4 is 11.9 Å². The minimum atomic E-state index is -1.07. The molecule has 0 spiro atoms. The molecule has 0 aromatic heterocycles. The number of nitrogens with one attached hydrogen (secondary N) is 1. The minimum absolute atomic E-state index is 0.00914. The fraction of sp³-hybridized carbons (Fsp3) is 0.818. The van der Waals surface area contributed by atoms with Gasteiger partial charge in [0.25, 0.3) is 0 Å². The lowest BCUT2D eigenvalue weighted by Crippen LogP contribution is -2.44. The maximum absolute atomic E-state index is 11.5. The Morgan fingerprint density at radius 1 is 1.41 bits per heavy atom. The van der Waals surface area contributed by atoms with E-state index in [0.29, 0.717) is 13.0 Å². The van der Waals surface area contributed by atoms with Crippen molar-refractivity contribution in [1.82, 2.24) is 10.2 Å². The molecule has 1 saturated heterocycles. The van der Waals surface area contributed by atoms with Gasteiger partial charge in [0.1, 0.15) is 0 Å². The first-order valence-corrected chi connectivity index (χ1v) is 5.87. The molecule has 1 aliphatic heterocycles. The molecule has 0 aromatic carbocycles. The Morgan fingerprint density at radius 3 is 2.59 bits per heavy atom. The molecule has 1 fully saturated rings. The van der Waals surface area contributed by atoms with E-state index in [2.05, 4.69) is 10.2 Å². The minimum Gasteiger partial charge on any atom is -0.480 e. The van der Waals surface area contributed by atoms with Crippen molar-refractivity contribution in [2.45, 2.75) is 25.3 Å². The predicted molar refractivity (Wildman–Crippen MR) is 61.7 cm³/mol. The quantitative estimate of drug-likeness (QED) is 0.642. The molecule has 2 N–H and O–H groups in total. The lowest BCUT2D eigenvalue weighted by molar-refractivity contribution is -0.143. The third kappa shape index (κ3) is 5.14. The number of hydrogen-bond acceptors (Lipinski definition) is 4. The second-order valence-corrected chi connectivity index (χ2v) is 4.21. The Hall–Kier alpha value is -1.14. The van der Waals surface area contributed by atoms with E-state index in [9.17, 15) is 9.59 Å². The Labute approximate surface area is 101 Å². The first-order valence-electron chi connectivity index (χ1n) is 5.87. The summed E-state index contributed by atoms with van der Waals surface area (Å²) in [6.07, 6.45) is 2.71. The van der Waals surface area contributed by atoms with E-state index >= 15 is 0 Å². The molecule has 6 heteroatoms. The van der Waals surface area contributed by atoms with Crippen LogP contribution in [-0.2, 0) is 14.3 Å². The molecule has 1 aliphatic rings. The van der Waals surface area contributed by atoms with Crippen LogP contribution in [0.1, 0.15) is 19.3 Å². The van der Waals surface area contributed by atoms with Gasteiger partial charge in [0.05, 0.1) is 6.61 Å². The smallest absolute Gasteiger partial charge is 0.328 e. The number of ether oxygens (including phenoxy) is 1. The fourth-order valence-corrected chi connectivity index (χ4v) is 1.87. The number of methoxy groups -OCH3 is 1. The van der Waals surface area contributed by atoms with Gasteiger partial charge in [-0.25, -0.2) is 4.79 Å². The van der Waals surface area contributed by atoms with Crippen molar-refractivity contribution in [2.75, 3.05) is 33.4 Å². The van der Waals surface area contributed by atoms with Crippen molar-refractivity contribution in [2.24, 2.45) is 0 Å². The number of likely N-dealkylation sites (tertiary alicyclic amines) is 1. The van der Waals surface area contributed by atoms with Crippen molar-refractivity contribution in [3.05, 3.63) is 0 Å². The standard InChI is InChI=1S/C11H20N2O4/c1-17-8-9(11(15)16)12-10(14)4-7-13-5-2-3-6-13/h9H,2-8H2,1H3,(H,12,14)(H,15,16). The second kappa shape index (κ2) is 7.24. The number of amides is 1. The van der Waals surface area contributed by atoms with E-state index in [1.165, 1.54) is 20.0 Å². The van der Waals surface area contributed by atoms with E-state index in [1.807, 2.05) is 0 Å². The molecule has 1 heterocycles. The Morgan fingerprint density at radius 2 is 2.06 bits per heavy atom. The summed E-state index contributed by atoms with van der Waals surface area (Å²) in [7, 11) is 1.41. The highest BCUT2D eigenvalue weighted by Gasteiger charge is 2.20. The fourth-order valence-electron chi connectivity index (χ4n) is 1.87. The summed E-state index contributed by atoms with van der Waals surface area (Å²) in [5, 5.41) is 11.3. The van der Waals surface area contributed by atoms with Crippen molar-refractivity contribution < 1.29 is 19.4 Å². The SMILES string of the molecule is COCC(NC(=O)CCN1CCCC1)C(=O)O. The Bertz CT molecular complexity index is 264. The van der Waals surface area contributed by atoms with E-state index in [-0.39, 0.29) is 12.5 Å². The van der Waals surface area contributed by atoms with Gasteiger partial charge >= 0.3 is 5.97 Å². The maximum atomic E-state index is 11.5. The van der Waals surface area contributed by atoms with Gasteiger partial charge in [0, 0.05) is 20.1 Å². The molecule has 1 rings (SSSR count). The summed E-state index contributed by atoms with van der Waals surface area (Å²) < 4.78 is 4.74. The zero-order chi connectivity index (χ0) is 12.7. The number of nitrogens with zero attached hydrogens (tertiary/aromatic N) is 1. The summed E-state index contributed by atoms with van der Waals surface area (Å²) >= 11 is 0. The molecule has 1 amide bonds. The largest absolute Gasteiger partial charge is 0.480 e. The number of hydrogen-bond donors (Lipinski definition) is 2. The molecule has 0 bridgehead atoms. The molecular formula is C11H20N2O4. The first-order chi connectivity index (χ1) is 8.13. The van der Waals surface area contributed by atoms with E-state index in [0.717, 1.165) is 13.1 Å². The van der Waals surface area contributed by atoms with Crippen LogP contribution in [0.25, 0.3) is 0 Å². The van der Waals surface area contributed by atoms with E-state index in [1.54, 1.807) is 0 Å². The molecule has 0 saturated carbocycles. The number of carbonyl (C=O) groups excluding carboxylic acids is 1. The third-order valence-electron chi connectivity index (χ3n) is 2.82. The molecule has 1 unspecified atom stereocenters. The predicted octanol–water partition coefficient (Wildman–Crippen LogP) is -0.312. The van der Waals surface area contributed by atoms with Gasteiger partial charge in [-0.15, -0.1) is 0 Å². The van der Waals surface area contributed by atoms with Crippen LogP contribution in [0.3, 0.4) is 0 Å². The van der Waals surface area contributed by atoms with Gasteiger partial charge in [-0.1, -0.05) is 0 Å². The average Bonchev–Trinajstić information content (AvgIpc) is 2.78. The van der Waals surface area contributed by atoms with Crippen LogP contribution >= 0.6 is 0 Å². The van der Waals surface area contributed by atoms with Crippen LogP contribution in [0, 0.1) is 0 Å². The zero-order valence-electron chi connectivity index (χ0n) is 10.1. The summed E-state index contributed by atoms with van der Waals surface area (Å²) in [4.78, 5) is 24.5.